The van der Waals surface area contributed by atoms with Gasteiger partial charge >= 0.3 is 0 Å². The Morgan fingerprint density at radius 3 is 3.09 bits per heavy atom. The third-order valence-electron chi connectivity index (χ3n) is 2.35. The molecule has 11 heavy (non-hydrogen) atoms. The fourth-order valence-electron chi connectivity index (χ4n) is 1.62. The Labute approximate surface area is 67.8 Å². The van der Waals surface area contributed by atoms with Gasteiger partial charge in [-0.1, -0.05) is 0 Å². The lowest BCUT2D eigenvalue weighted by molar-refractivity contribution is 0.403. The molecule has 0 amide bonds. The molecule has 62 valence electrons. The Hall–Kier alpha value is -0.590. The van der Waals surface area contributed by atoms with Crippen molar-refractivity contribution in [1.29, 1.82) is 5.26 Å². The summed E-state index contributed by atoms with van der Waals surface area (Å²) in [7, 11) is 1.93. The zero-order chi connectivity index (χ0) is 8.10. The maximum atomic E-state index is 8.52. The Morgan fingerprint density at radius 1 is 1.82 bits per heavy atom. The van der Waals surface area contributed by atoms with Crippen LogP contribution >= 0.6 is 0 Å². The van der Waals surface area contributed by atoms with E-state index in [0.29, 0.717) is 18.4 Å². The molecule has 0 radical (unpaired) electrons. The number of nitrogens with one attached hydrogen (secondary N) is 2. The second-order valence-corrected chi connectivity index (χ2v) is 3.01. The lowest BCUT2D eigenvalue weighted by Gasteiger charge is -2.18. The van der Waals surface area contributed by atoms with Gasteiger partial charge in [-0.15, -0.1) is 0 Å². The standard InChI is InChI=1S/C8H15N3/c1-10-8(2-4-9)7-3-5-11-6-7/h7-8,10-11H,2-3,5-6H2,1H3/t7-,8+/m1/s1. The molecule has 2 N–H and O–H groups in total. The van der Waals surface area contributed by atoms with Gasteiger partial charge in [0.25, 0.3) is 0 Å². The van der Waals surface area contributed by atoms with Crippen molar-refractivity contribution < 1.29 is 0 Å². The highest BCUT2D eigenvalue weighted by atomic mass is 14.9. The highest BCUT2D eigenvalue weighted by Gasteiger charge is 2.22. The number of nitriles is 1. The highest BCUT2D eigenvalue weighted by molar-refractivity contribution is 4.88. The maximum Gasteiger partial charge on any atom is 0.0638 e. The van der Waals surface area contributed by atoms with Crippen molar-refractivity contribution in [2.75, 3.05) is 20.1 Å². The summed E-state index contributed by atoms with van der Waals surface area (Å²) >= 11 is 0. The molecular formula is C8H15N3. The Morgan fingerprint density at radius 2 is 2.64 bits per heavy atom. The molecule has 0 aromatic carbocycles. The van der Waals surface area contributed by atoms with E-state index in [1.54, 1.807) is 0 Å². The molecule has 0 aromatic rings. The molecule has 1 rings (SSSR count). The summed E-state index contributed by atoms with van der Waals surface area (Å²) in [6, 6.07) is 2.59. The van der Waals surface area contributed by atoms with Crippen molar-refractivity contribution in [2.45, 2.75) is 18.9 Å². The van der Waals surface area contributed by atoms with Crippen molar-refractivity contribution in [2.24, 2.45) is 5.92 Å². The highest BCUT2D eigenvalue weighted by Crippen LogP contribution is 2.14. The van der Waals surface area contributed by atoms with Gasteiger partial charge in [0.15, 0.2) is 0 Å². The van der Waals surface area contributed by atoms with Gasteiger partial charge < -0.3 is 10.6 Å². The fraction of sp³-hybridized carbons (Fsp3) is 0.875. The molecule has 2 atom stereocenters. The van der Waals surface area contributed by atoms with Gasteiger partial charge in [0.05, 0.1) is 12.5 Å². The summed E-state index contributed by atoms with van der Waals surface area (Å²) in [5, 5.41) is 15.0. The van der Waals surface area contributed by atoms with E-state index in [2.05, 4.69) is 16.7 Å². The summed E-state index contributed by atoms with van der Waals surface area (Å²) < 4.78 is 0. The predicted octanol–water partition coefficient (Wildman–Crippen LogP) is 0.0976. The van der Waals surface area contributed by atoms with Gasteiger partial charge in [0.2, 0.25) is 0 Å². The van der Waals surface area contributed by atoms with Crippen molar-refractivity contribution >= 4 is 0 Å². The van der Waals surface area contributed by atoms with E-state index in [4.69, 9.17) is 5.26 Å². The zero-order valence-electron chi connectivity index (χ0n) is 6.93. The lowest BCUT2D eigenvalue weighted by Crippen LogP contribution is -2.34. The van der Waals surface area contributed by atoms with Crippen molar-refractivity contribution in [1.82, 2.24) is 10.6 Å². The number of rotatable bonds is 3. The van der Waals surface area contributed by atoms with Crippen LogP contribution in [0.1, 0.15) is 12.8 Å². The monoisotopic (exact) mass is 153 g/mol. The lowest BCUT2D eigenvalue weighted by atomic mass is 9.97. The van der Waals surface area contributed by atoms with Gasteiger partial charge in [-0.25, -0.2) is 0 Å². The van der Waals surface area contributed by atoms with Crippen LogP contribution in [0.25, 0.3) is 0 Å². The topological polar surface area (TPSA) is 47.9 Å². The molecule has 1 saturated heterocycles. The summed E-state index contributed by atoms with van der Waals surface area (Å²) in [6.07, 6.45) is 1.83. The van der Waals surface area contributed by atoms with Crippen LogP contribution in [0.5, 0.6) is 0 Å². The second kappa shape index (κ2) is 4.32. The molecular weight excluding hydrogens is 138 g/mol. The Kier molecular flexibility index (Phi) is 3.34. The van der Waals surface area contributed by atoms with Gasteiger partial charge in [-0.05, 0) is 32.5 Å². The van der Waals surface area contributed by atoms with E-state index in [9.17, 15) is 0 Å². The first-order valence-corrected chi connectivity index (χ1v) is 4.13. The largest absolute Gasteiger partial charge is 0.316 e. The smallest absolute Gasteiger partial charge is 0.0638 e. The first kappa shape index (κ1) is 8.51. The molecule has 1 heterocycles. The molecule has 0 bridgehead atoms. The molecule has 3 heteroatoms. The molecule has 3 nitrogen and oxygen atoms in total. The van der Waals surface area contributed by atoms with E-state index in [0.717, 1.165) is 13.1 Å². The van der Waals surface area contributed by atoms with E-state index in [1.165, 1.54) is 6.42 Å². The van der Waals surface area contributed by atoms with Crippen LogP contribution < -0.4 is 10.6 Å². The third-order valence-corrected chi connectivity index (χ3v) is 2.35. The molecule has 0 aliphatic carbocycles. The van der Waals surface area contributed by atoms with Crippen molar-refractivity contribution in [3.63, 3.8) is 0 Å². The van der Waals surface area contributed by atoms with Crippen LogP contribution in [-0.4, -0.2) is 26.2 Å². The number of nitrogens with zero attached hydrogens (tertiary/aromatic N) is 1. The van der Waals surface area contributed by atoms with E-state index < -0.39 is 0 Å². The summed E-state index contributed by atoms with van der Waals surface area (Å²) in [6.45, 7) is 2.17. The normalized spacial score (nSPS) is 26.4. The summed E-state index contributed by atoms with van der Waals surface area (Å²) in [5.41, 5.74) is 0. The Balaban J connectivity index is 2.34. The minimum Gasteiger partial charge on any atom is -0.316 e. The zero-order valence-corrected chi connectivity index (χ0v) is 6.93. The molecule has 1 aliphatic rings. The van der Waals surface area contributed by atoms with E-state index in [1.807, 2.05) is 7.05 Å². The van der Waals surface area contributed by atoms with Gasteiger partial charge in [-0.2, -0.15) is 5.26 Å². The predicted molar refractivity (Wildman–Crippen MR) is 44.1 cm³/mol. The van der Waals surface area contributed by atoms with Gasteiger partial charge in [0, 0.05) is 6.04 Å². The first-order chi connectivity index (χ1) is 5.38. The minimum absolute atomic E-state index is 0.384. The quantitative estimate of drug-likeness (QED) is 0.604. The van der Waals surface area contributed by atoms with Crippen LogP contribution in [0.15, 0.2) is 0 Å². The molecule has 0 unspecified atom stereocenters. The van der Waals surface area contributed by atoms with Gasteiger partial charge in [0.1, 0.15) is 0 Å². The van der Waals surface area contributed by atoms with Gasteiger partial charge in [-0.3, -0.25) is 0 Å². The van der Waals surface area contributed by atoms with Crippen molar-refractivity contribution in [3.8, 4) is 6.07 Å². The van der Waals surface area contributed by atoms with E-state index >= 15 is 0 Å². The molecule has 1 aliphatic heterocycles. The number of hydrogen-bond acceptors (Lipinski definition) is 3. The molecule has 0 aromatic heterocycles. The Bertz CT molecular complexity index is 144. The van der Waals surface area contributed by atoms with Crippen LogP contribution in [0.4, 0.5) is 0 Å². The first-order valence-electron chi connectivity index (χ1n) is 4.13. The summed E-state index contributed by atoms with van der Waals surface area (Å²) in [4.78, 5) is 0. The average Bonchev–Trinajstić information content (AvgIpc) is 2.52. The van der Waals surface area contributed by atoms with E-state index in [-0.39, 0.29) is 0 Å². The second-order valence-electron chi connectivity index (χ2n) is 3.01. The SMILES string of the molecule is CN[C@@H](CC#N)[C@@H]1CCNC1. The molecule has 0 saturated carbocycles. The third kappa shape index (κ3) is 2.18. The van der Waals surface area contributed by atoms with Crippen molar-refractivity contribution in [3.05, 3.63) is 0 Å². The van der Waals surface area contributed by atoms with Crippen LogP contribution in [-0.2, 0) is 0 Å². The van der Waals surface area contributed by atoms with Crippen LogP contribution in [0, 0.1) is 17.2 Å². The fourth-order valence-corrected chi connectivity index (χ4v) is 1.62. The van der Waals surface area contributed by atoms with Crippen LogP contribution in [0.2, 0.25) is 0 Å². The number of hydrogen-bond donors (Lipinski definition) is 2. The minimum atomic E-state index is 0.384. The van der Waals surface area contributed by atoms with Crippen LogP contribution in [0.3, 0.4) is 0 Å². The molecule has 1 fully saturated rings. The average molecular weight is 153 g/mol. The maximum absolute atomic E-state index is 8.52. The summed E-state index contributed by atoms with van der Waals surface area (Å²) in [5.74, 6) is 0.652. The molecule has 0 spiro atoms.